The van der Waals surface area contributed by atoms with Crippen LogP contribution in [-0.4, -0.2) is 34.0 Å². The maximum absolute atomic E-state index is 11.4. The summed E-state index contributed by atoms with van der Waals surface area (Å²) in [5.41, 5.74) is 4.06. The second-order valence-corrected chi connectivity index (χ2v) is 5.95. The van der Waals surface area contributed by atoms with Crippen molar-refractivity contribution in [3.8, 4) is 11.3 Å². The van der Waals surface area contributed by atoms with Gasteiger partial charge < -0.3 is 9.42 Å². The molecular formula is C17H21N3O2. The Kier molecular flexibility index (Phi) is 3.96. The molecule has 0 unspecified atom stereocenters. The van der Waals surface area contributed by atoms with Gasteiger partial charge in [-0.15, -0.1) is 0 Å². The molecule has 0 aromatic carbocycles. The van der Waals surface area contributed by atoms with Crippen molar-refractivity contribution in [1.82, 2.24) is 15.0 Å². The summed E-state index contributed by atoms with van der Waals surface area (Å²) < 4.78 is 5.24. The number of carbonyl (C=O) groups is 1. The third-order valence-corrected chi connectivity index (χ3v) is 4.49. The average molecular weight is 299 g/mol. The molecular weight excluding hydrogens is 278 g/mol. The topological polar surface area (TPSA) is 59.2 Å². The summed E-state index contributed by atoms with van der Waals surface area (Å²) in [5, 5.41) is 4.00. The fraction of sp³-hybridized carbons (Fsp3) is 0.471. The van der Waals surface area contributed by atoms with E-state index in [9.17, 15) is 4.79 Å². The Labute approximate surface area is 130 Å². The molecule has 1 aliphatic rings. The largest absolute Gasteiger partial charge is 0.361 e. The van der Waals surface area contributed by atoms with Gasteiger partial charge in [0.25, 0.3) is 0 Å². The van der Waals surface area contributed by atoms with Crippen molar-refractivity contribution in [2.45, 2.75) is 39.5 Å². The van der Waals surface area contributed by atoms with Gasteiger partial charge >= 0.3 is 0 Å². The number of rotatable bonds is 2. The summed E-state index contributed by atoms with van der Waals surface area (Å²) in [7, 11) is 0. The van der Waals surface area contributed by atoms with Gasteiger partial charge in [0.05, 0.1) is 17.0 Å². The van der Waals surface area contributed by atoms with Crippen LogP contribution in [0.2, 0.25) is 0 Å². The Hall–Kier alpha value is -2.17. The number of nitrogens with zero attached hydrogens (tertiary/aromatic N) is 3. The van der Waals surface area contributed by atoms with Crippen molar-refractivity contribution in [3.63, 3.8) is 0 Å². The summed E-state index contributed by atoms with van der Waals surface area (Å²) in [4.78, 5) is 17.8. The Morgan fingerprint density at radius 2 is 2.05 bits per heavy atom. The summed E-state index contributed by atoms with van der Waals surface area (Å²) in [6, 6.07) is 4.22. The minimum absolute atomic E-state index is 0.171. The van der Waals surface area contributed by atoms with E-state index in [1.165, 1.54) is 5.56 Å². The molecule has 1 aliphatic heterocycles. The zero-order valence-corrected chi connectivity index (χ0v) is 13.3. The van der Waals surface area contributed by atoms with Crippen LogP contribution in [0.5, 0.6) is 0 Å². The predicted molar refractivity (Wildman–Crippen MR) is 83.4 cm³/mol. The molecule has 3 rings (SSSR count). The second-order valence-electron chi connectivity index (χ2n) is 5.95. The lowest BCUT2D eigenvalue weighted by atomic mass is 9.89. The first-order valence-electron chi connectivity index (χ1n) is 7.71. The van der Waals surface area contributed by atoms with Crippen LogP contribution >= 0.6 is 0 Å². The van der Waals surface area contributed by atoms with Crippen molar-refractivity contribution >= 4 is 5.91 Å². The molecule has 1 amide bonds. The molecule has 0 bridgehead atoms. The van der Waals surface area contributed by atoms with Crippen LogP contribution in [0, 0.1) is 13.8 Å². The van der Waals surface area contributed by atoms with E-state index in [-0.39, 0.29) is 5.91 Å². The number of piperidine rings is 1. The smallest absolute Gasteiger partial charge is 0.219 e. The molecule has 5 nitrogen and oxygen atoms in total. The van der Waals surface area contributed by atoms with Crippen LogP contribution in [-0.2, 0) is 4.79 Å². The van der Waals surface area contributed by atoms with Crippen LogP contribution in [0.4, 0.5) is 0 Å². The Bertz CT molecular complexity index is 665. The highest BCUT2D eigenvalue weighted by molar-refractivity contribution is 5.73. The van der Waals surface area contributed by atoms with E-state index in [0.717, 1.165) is 48.6 Å². The van der Waals surface area contributed by atoms with Gasteiger partial charge in [-0.1, -0.05) is 5.16 Å². The predicted octanol–water partition coefficient (Wildman–Crippen LogP) is 3.08. The molecule has 3 heterocycles. The number of aryl methyl sites for hydroxylation is 2. The van der Waals surface area contributed by atoms with E-state index in [2.05, 4.69) is 22.3 Å². The van der Waals surface area contributed by atoms with Gasteiger partial charge in [0, 0.05) is 26.2 Å². The van der Waals surface area contributed by atoms with Gasteiger partial charge in [0.15, 0.2) is 0 Å². The first kappa shape index (κ1) is 14.8. The number of carbonyl (C=O) groups excluding carboxylic acids is 1. The van der Waals surface area contributed by atoms with Crippen LogP contribution in [0.3, 0.4) is 0 Å². The molecule has 0 atom stereocenters. The highest BCUT2D eigenvalue weighted by atomic mass is 16.5. The van der Waals surface area contributed by atoms with Crippen molar-refractivity contribution in [2.24, 2.45) is 0 Å². The number of pyridine rings is 1. The van der Waals surface area contributed by atoms with Crippen LogP contribution in [0.25, 0.3) is 11.3 Å². The zero-order chi connectivity index (χ0) is 15.7. The van der Waals surface area contributed by atoms with Gasteiger partial charge in [-0.25, -0.2) is 0 Å². The van der Waals surface area contributed by atoms with E-state index in [1.807, 2.05) is 24.9 Å². The summed E-state index contributed by atoms with van der Waals surface area (Å²) in [6.45, 7) is 7.16. The van der Waals surface area contributed by atoms with E-state index < -0.39 is 0 Å². The van der Waals surface area contributed by atoms with Crippen molar-refractivity contribution < 1.29 is 9.32 Å². The van der Waals surface area contributed by atoms with E-state index in [0.29, 0.717) is 5.92 Å². The molecule has 116 valence electrons. The molecule has 0 spiro atoms. The van der Waals surface area contributed by atoms with E-state index in [1.54, 1.807) is 6.92 Å². The molecule has 2 aromatic heterocycles. The highest BCUT2D eigenvalue weighted by Gasteiger charge is 2.23. The van der Waals surface area contributed by atoms with Gasteiger partial charge in [0.1, 0.15) is 5.76 Å². The van der Waals surface area contributed by atoms with Gasteiger partial charge in [-0.3, -0.25) is 9.78 Å². The minimum Gasteiger partial charge on any atom is -0.361 e. The lowest BCUT2D eigenvalue weighted by Crippen LogP contribution is -2.36. The standard InChI is InChI=1S/C17H21N3O2/c1-11-17(12(2)22-19-11)16-10-15(4-7-18-16)14-5-8-20(9-6-14)13(3)21/h4,7,10,14H,5-6,8-9H2,1-3H3. The molecule has 1 saturated heterocycles. The van der Waals surface area contributed by atoms with E-state index >= 15 is 0 Å². The lowest BCUT2D eigenvalue weighted by Gasteiger charge is -2.31. The summed E-state index contributed by atoms with van der Waals surface area (Å²) >= 11 is 0. The van der Waals surface area contributed by atoms with Gasteiger partial charge in [-0.05, 0) is 50.3 Å². The maximum atomic E-state index is 11.4. The molecule has 0 aliphatic carbocycles. The molecule has 0 N–H and O–H groups in total. The van der Waals surface area contributed by atoms with Crippen LogP contribution in [0.1, 0.15) is 42.7 Å². The molecule has 2 aromatic rings. The summed E-state index contributed by atoms with van der Waals surface area (Å²) in [5.74, 6) is 1.45. The van der Waals surface area contributed by atoms with E-state index in [4.69, 9.17) is 4.52 Å². The van der Waals surface area contributed by atoms with Gasteiger partial charge in [-0.2, -0.15) is 0 Å². The molecule has 22 heavy (non-hydrogen) atoms. The van der Waals surface area contributed by atoms with Crippen LogP contribution in [0.15, 0.2) is 22.9 Å². The quantitative estimate of drug-likeness (QED) is 0.855. The number of likely N-dealkylation sites (tertiary alicyclic amines) is 1. The highest BCUT2D eigenvalue weighted by Crippen LogP contribution is 2.31. The number of aromatic nitrogens is 2. The minimum atomic E-state index is 0.171. The Balaban J connectivity index is 1.82. The van der Waals surface area contributed by atoms with Crippen molar-refractivity contribution in [2.75, 3.05) is 13.1 Å². The first-order chi connectivity index (χ1) is 10.6. The Morgan fingerprint density at radius 1 is 1.32 bits per heavy atom. The lowest BCUT2D eigenvalue weighted by molar-refractivity contribution is -0.129. The van der Waals surface area contributed by atoms with Crippen molar-refractivity contribution in [3.05, 3.63) is 35.3 Å². The Morgan fingerprint density at radius 3 is 2.64 bits per heavy atom. The number of hydrogen-bond donors (Lipinski definition) is 0. The van der Waals surface area contributed by atoms with Crippen LogP contribution < -0.4 is 0 Å². The molecule has 0 radical (unpaired) electrons. The van der Waals surface area contributed by atoms with Crippen molar-refractivity contribution in [1.29, 1.82) is 0 Å². The third kappa shape index (κ3) is 2.75. The fourth-order valence-electron chi connectivity index (χ4n) is 3.21. The normalized spacial score (nSPS) is 16.0. The second kappa shape index (κ2) is 5.91. The third-order valence-electron chi connectivity index (χ3n) is 4.49. The SMILES string of the molecule is CC(=O)N1CCC(c2ccnc(-c3c(C)noc3C)c2)CC1. The number of hydrogen-bond acceptors (Lipinski definition) is 4. The molecule has 0 saturated carbocycles. The average Bonchev–Trinajstić information content (AvgIpc) is 2.86. The maximum Gasteiger partial charge on any atom is 0.219 e. The fourth-order valence-corrected chi connectivity index (χ4v) is 3.21. The molecule has 5 heteroatoms. The zero-order valence-electron chi connectivity index (χ0n) is 13.3. The molecule has 1 fully saturated rings. The monoisotopic (exact) mass is 299 g/mol. The number of amides is 1. The summed E-state index contributed by atoms with van der Waals surface area (Å²) in [6.07, 6.45) is 3.86. The first-order valence-corrected chi connectivity index (χ1v) is 7.71. The van der Waals surface area contributed by atoms with Gasteiger partial charge in [0.2, 0.25) is 5.91 Å².